The summed E-state index contributed by atoms with van der Waals surface area (Å²) in [6, 6.07) is 16.0. The molecule has 5 heteroatoms. The number of rotatable bonds is 5. The van der Waals surface area contributed by atoms with Gasteiger partial charge in [0.2, 0.25) is 0 Å². The lowest BCUT2D eigenvalue weighted by Crippen LogP contribution is -1.96. The zero-order chi connectivity index (χ0) is 16.1. The molecule has 3 aromatic rings. The molecule has 23 heavy (non-hydrogen) atoms. The zero-order valence-corrected chi connectivity index (χ0v) is 13.0. The number of fused-ring (bicyclic) bond motifs is 1. The quantitative estimate of drug-likeness (QED) is 0.645. The molecule has 1 aromatic heterocycles. The molecule has 0 spiro atoms. The van der Waals surface area contributed by atoms with Gasteiger partial charge in [0.05, 0.1) is 11.8 Å². The van der Waals surface area contributed by atoms with Gasteiger partial charge in [0, 0.05) is 17.0 Å². The van der Waals surface area contributed by atoms with Gasteiger partial charge in [0.25, 0.3) is 0 Å². The summed E-state index contributed by atoms with van der Waals surface area (Å²) in [6.07, 6.45) is 1.72. The molecule has 0 N–H and O–H groups in total. The van der Waals surface area contributed by atoms with Gasteiger partial charge in [-0.05, 0) is 29.8 Å². The topological polar surface area (TPSA) is 45.9 Å². The SMILES string of the molecule is N#CCSc1nccc2c(OCc3ccc(F)cc3)cccc12. The van der Waals surface area contributed by atoms with E-state index in [9.17, 15) is 4.39 Å². The minimum atomic E-state index is -0.260. The maximum Gasteiger partial charge on any atom is 0.127 e. The van der Waals surface area contributed by atoms with Gasteiger partial charge in [-0.3, -0.25) is 0 Å². The lowest BCUT2D eigenvalue weighted by atomic mass is 10.1. The Kier molecular flexibility index (Phi) is 4.74. The van der Waals surface area contributed by atoms with Gasteiger partial charge < -0.3 is 4.74 Å². The van der Waals surface area contributed by atoms with Crippen LogP contribution in [0.15, 0.2) is 59.8 Å². The average Bonchev–Trinajstić information content (AvgIpc) is 2.59. The van der Waals surface area contributed by atoms with Crippen molar-refractivity contribution in [1.29, 1.82) is 5.26 Å². The standard InChI is InChI=1S/C18H13FN2OS/c19-14-6-4-13(5-7-14)12-22-17-3-1-2-16-15(17)8-10-21-18(16)23-11-9-20/h1-8,10H,11-12H2. The van der Waals surface area contributed by atoms with Crippen molar-refractivity contribution in [3.05, 3.63) is 66.1 Å². The van der Waals surface area contributed by atoms with Crippen LogP contribution in [0.2, 0.25) is 0 Å². The number of benzene rings is 2. The van der Waals surface area contributed by atoms with Crippen molar-refractivity contribution in [2.45, 2.75) is 11.6 Å². The molecule has 3 rings (SSSR count). The Balaban J connectivity index is 1.86. The molecule has 0 radical (unpaired) electrons. The molecule has 0 bridgehead atoms. The largest absolute Gasteiger partial charge is 0.488 e. The van der Waals surface area contributed by atoms with Crippen molar-refractivity contribution in [2.24, 2.45) is 0 Å². The van der Waals surface area contributed by atoms with Crippen molar-refractivity contribution in [2.75, 3.05) is 5.75 Å². The van der Waals surface area contributed by atoms with Crippen molar-refractivity contribution < 1.29 is 9.13 Å². The summed E-state index contributed by atoms with van der Waals surface area (Å²) in [5, 5.41) is 11.5. The Bertz CT molecular complexity index is 859. The lowest BCUT2D eigenvalue weighted by molar-refractivity contribution is 0.310. The Morgan fingerprint density at radius 3 is 2.70 bits per heavy atom. The van der Waals surface area contributed by atoms with Crippen LogP contribution in [-0.2, 0) is 6.61 Å². The average molecular weight is 324 g/mol. The highest BCUT2D eigenvalue weighted by Gasteiger charge is 2.08. The minimum absolute atomic E-state index is 0.260. The van der Waals surface area contributed by atoms with E-state index in [1.54, 1.807) is 18.3 Å². The summed E-state index contributed by atoms with van der Waals surface area (Å²) in [5.41, 5.74) is 0.900. The molecule has 0 saturated heterocycles. The second-order valence-electron chi connectivity index (χ2n) is 4.83. The first-order valence-corrected chi connectivity index (χ1v) is 8.01. The summed E-state index contributed by atoms with van der Waals surface area (Å²) in [7, 11) is 0. The highest BCUT2D eigenvalue weighted by Crippen LogP contribution is 2.31. The first-order chi connectivity index (χ1) is 11.3. The molecule has 0 aliphatic heterocycles. The van der Waals surface area contributed by atoms with Crippen LogP contribution >= 0.6 is 11.8 Å². The van der Waals surface area contributed by atoms with Gasteiger partial charge >= 0.3 is 0 Å². The normalized spacial score (nSPS) is 10.4. The third-order valence-electron chi connectivity index (χ3n) is 3.31. The number of hydrogen-bond acceptors (Lipinski definition) is 4. The molecular weight excluding hydrogens is 311 g/mol. The zero-order valence-electron chi connectivity index (χ0n) is 12.2. The Morgan fingerprint density at radius 2 is 1.91 bits per heavy atom. The molecular formula is C18H13FN2OS. The van der Waals surface area contributed by atoms with Crippen LogP contribution in [0.25, 0.3) is 10.8 Å². The molecule has 2 aromatic carbocycles. The summed E-state index contributed by atoms with van der Waals surface area (Å²) in [4.78, 5) is 4.33. The highest BCUT2D eigenvalue weighted by molar-refractivity contribution is 7.99. The Labute approximate surface area is 137 Å². The van der Waals surface area contributed by atoms with Crippen LogP contribution in [0, 0.1) is 17.1 Å². The van der Waals surface area contributed by atoms with E-state index in [-0.39, 0.29) is 5.82 Å². The number of nitrogens with zero attached hydrogens (tertiary/aromatic N) is 2. The van der Waals surface area contributed by atoms with Crippen LogP contribution < -0.4 is 4.74 Å². The molecule has 114 valence electrons. The molecule has 0 fully saturated rings. The van der Waals surface area contributed by atoms with E-state index in [0.29, 0.717) is 12.4 Å². The number of nitriles is 1. The van der Waals surface area contributed by atoms with E-state index < -0.39 is 0 Å². The summed E-state index contributed by atoms with van der Waals surface area (Å²) in [6.45, 7) is 0.363. The monoisotopic (exact) mass is 324 g/mol. The molecule has 0 atom stereocenters. The van der Waals surface area contributed by atoms with Crippen molar-refractivity contribution in [1.82, 2.24) is 4.98 Å². The lowest BCUT2D eigenvalue weighted by Gasteiger charge is -2.11. The molecule has 0 aliphatic carbocycles. The first kappa shape index (κ1) is 15.3. The maximum atomic E-state index is 12.9. The van der Waals surface area contributed by atoms with Gasteiger partial charge in [-0.2, -0.15) is 5.26 Å². The van der Waals surface area contributed by atoms with Crippen LogP contribution in [0.1, 0.15) is 5.56 Å². The van der Waals surface area contributed by atoms with Crippen LogP contribution in [0.4, 0.5) is 4.39 Å². The number of pyridine rings is 1. The van der Waals surface area contributed by atoms with Gasteiger partial charge in [0.15, 0.2) is 0 Å². The van der Waals surface area contributed by atoms with Crippen LogP contribution in [0.3, 0.4) is 0 Å². The number of halogens is 1. The van der Waals surface area contributed by atoms with Crippen LogP contribution in [-0.4, -0.2) is 10.7 Å². The third kappa shape index (κ3) is 3.61. The molecule has 0 saturated carbocycles. The van der Waals surface area contributed by atoms with E-state index in [1.165, 1.54) is 23.9 Å². The predicted molar refractivity (Wildman–Crippen MR) is 88.8 cm³/mol. The summed E-state index contributed by atoms with van der Waals surface area (Å²) >= 11 is 1.41. The second kappa shape index (κ2) is 7.12. The van der Waals surface area contributed by atoms with Crippen LogP contribution in [0.5, 0.6) is 5.75 Å². The highest BCUT2D eigenvalue weighted by atomic mass is 32.2. The van der Waals surface area contributed by atoms with Crippen molar-refractivity contribution in [3.63, 3.8) is 0 Å². The fourth-order valence-electron chi connectivity index (χ4n) is 2.23. The maximum absolute atomic E-state index is 12.9. The molecule has 0 unspecified atom stereocenters. The van der Waals surface area contributed by atoms with E-state index in [4.69, 9.17) is 10.00 Å². The minimum Gasteiger partial charge on any atom is -0.488 e. The Hall–Kier alpha value is -2.58. The second-order valence-corrected chi connectivity index (χ2v) is 5.79. The molecule has 1 heterocycles. The number of hydrogen-bond donors (Lipinski definition) is 0. The van der Waals surface area contributed by atoms with E-state index in [2.05, 4.69) is 11.1 Å². The van der Waals surface area contributed by atoms with Crippen molar-refractivity contribution in [3.8, 4) is 11.8 Å². The molecule has 3 nitrogen and oxygen atoms in total. The van der Waals surface area contributed by atoms with Gasteiger partial charge in [-0.25, -0.2) is 9.37 Å². The van der Waals surface area contributed by atoms with E-state index in [0.717, 1.165) is 27.1 Å². The number of aromatic nitrogens is 1. The molecule has 0 aliphatic rings. The predicted octanol–water partition coefficient (Wildman–Crippen LogP) is 4.57. The summed E-state index contributed by atoms with van der Waals surface area (Å²) < 4.78 is 18.8. The van der Waals surface area contributed by atoms with Gasteiger partial charge in [0.1, 0.15) is 23.2 Å². The van der Waals surface area contributed by atoms with E-state index >= 15 is 0 Å². The number of thioether (sulfide) groups is 1. The third-order valence-corrected chi connectivity index (χ3v) is 4.18. The number of ether oxygens (including phenoxy) is 1. The summed E-state index contributed by atoms with van der Waals surface area (Å²) in [5.74, 6) is 0.837. The fraction of sp³-hybridized carbons (Fsp3) is 0.111. The van der Waals surface area contributed by atoms with E-state index in [1.807, 2.05) is 24.3 Å². The molecule has 0 amide bonds. The Morgan fingerprint density at radius 1 is 1.09 bits per heavy atom. The van der Waals surface area contributed by atoms with Crippen molar-refractivity contribution >= 4 is 22.5 Å². The first-order valence-electron chi connectivity index (χ1n) is 7.02. The van der Waals surface area contributed by atoms with Gasteiger partial charge in [-0.1, -0.05) is 36.0 Å². The smallest absolute Gasteiger partial charge is 0.127 e. The fourth-order valence-corrected chi connectivity index (χ4v) is 2.90. The van der Waals surface area contributed by atoms with Gasteiger partial charge in [-0.15, -0.1) is 0 Å².